The zero-order valence-corrected chi connectivity index (χ0v) is 14.6. The van der Waals surface area contributed by atoms with Crippen LogP contribution in [0.15, 0.2) is 12.1 Å². The molecule has 118 valence electrons. The van der Waals surface area contributed by atoms with Crippen LogP contribution in [-0.2, 0) is 19.5 Å². The summed E-state index contributed by atoms with van der Waals surface area (Å²) >= 11 is 6.36. The molecule has 0 atom stereocenters. The number of halogens is 1. The van der Waals surface area contributed by atoms with Gasteiger partial charge in [-0.25, -0.2) is 0 Å². The molecule has 1 N–H and O–H groups in total. The largest absolute Gasteiger partial charge is 0.494 e. The van der Waals surface area contributed by atoms with Crippen LogP contribution < -0.4 is 10.8 Å². The topological polar surface area (TPSA) is 47.6 Å². The standard InChI is InChI=1S/C16H21BClNO3/c1-14(2)10-7-9(8-11(18)12(10)19-13(14)20)17-21-15(3,4)16(5,6)22-17/h7-8H,1-6H3,(H,19,20). The monoisotopic (exact) mass is 321 g/mol. The van der Waals surface area contributed by atoms with Gasteiger partial charge in [-0.1, -0.05) is 17.7 Å². The summed E-state index contributed by atoms with van der Waals surface area (Å²) in [6, 6.07) is 3.77. The number of carbonyl (C=O) groups is 1. The molecule has 4 nitrogen and oxygen atoms in total. The minimum absolute atomic E-state index is 0.0459. The van der Waals surface area contributed by atoms with Crippen molar-refractivity contribution in [1.82, 2.24) is 0 Å². The Balaban J connectivity index is 2.04. The second-order valence-electron chi connectivity index (χ2n) is 7.59. The van der Waals surface area contributed by atoms with Crippen molar-refractivity contribution in [3.63, 3.8) is 0 Å². The van der Waals surface area contributed by atoms with Crippen LogP contribution >= 0.6 is 11.6 Å². The minimum atomic E-state index is -0.612. The summed E-state index contributed by atoms with van der Waals surface area (Å²) in [4.78, 5) is 12.1. The van der Waals surface area contributed by atoms with Crippen LogP contribution in [0.1, 0.15) is 47.1 Å². The van der Waals surface area contributed by atoms with Crippen molar-refractivity contribution in [2.75, 3.05) is 5.32 Å². The zero-order chi connectivity index (χ0) is 16.5. The molecule has 0 spiro atoms. The molecule has 0 unspecified atom stereocenters. The third-order valence-corrected chi connectivity index (χ3v) is 5.42. The maximum Gasteiger partial charge on any atom is 0.494 e. The van der Waals surface area contributed by atoms with Crippen LogP contribution in [0.3, 0.4) is 0 Å². The van der Waals surface area contributed by atoms with Crippen molar-refractivity contribution >= 4 is 35.8 Å². The molecule has 2 heterocycles. The molecular formula is C16H21BClNO3. The lowest BCUT2D eigenvalue weighted by molar-refractivity contribution is -0.119. The molecule has 1 aromatic rings. The van der Waals surface area contributed by atoms with E-state index in [0.29, 0.717) is 10.7 Å². The van der Waals surface area contributed by atoms with E-state index in [1.165, 1.54) is 0 Å². The Bertz CT molecular complexity index is 654. The molecule has 1 amide bonds. The van der Waals surface area contributed by atoms with E-state index in [2.05, 4.69) is 5.32 Å². The van der Waals surface area contributed by atoms with Gasteiger partial charge in [0.15, 0.2) is 0 Å². The summed E-state index contributed by atoms with van der Waals surface area (Å²) in [6.07, 6.45) is 0. The number of fused-ring (bicyclic) bond motifs is 1. The highest BCUT2D eigenvalue weighted by atomic mass is 35.5. The van der Waals surface area contributed by atoms with Crippen LogP contribution in [0.5, 0.6) is 0 Å². The lowest BCUT2D eigenvalue weighted by atomic mass is 9.75. The summed E-state index contributed by atoms with van der Waals surface area (Å²) in [5, 5.41) is 3.37. The van der Waals surface area contributed by atoms with Gasteiger partial charge in [-0.2, -0.15) is 0 Å². The number of rotatable bonds is 1. The van der Waals surface area contributed by atoms with Gasteiger partial charge >= 0.3 is 7.12 Å². The van der Waals surface area contributed by atoms with E-state index in [4.69, 9.17) is 20.9 Å². The summed E-state index contributed by atoms with van der Waals surface area (Å²) in [5.41, 5.74) is 0.983. The predicted octanol–water partition coefficient (Wildman–Crippen LogP) is 2.87. The molecule has 1 fully saturated rings. The Morgan fingerprint density at radius 2 is 1.59 bits per heavy atom. The quantitative estimate of drug-likeness (QED) is 0.809. The lowest BCUT2D eigenvalue weighted by Gasteiger charge is -2.32. The second-order valence-corrected chi connectivity index (χ2v) is 8.00. The summed E-state index contributed by atoms with van der Waals surface area (Å²) in [6.45, 7) is 11.8. The van der Waals surface area contributed by atoms with E-state index in [1.807, 2.05) is 53.7 Å². The van der Waals surface area contributed by atoms with Gasteiger partial charge in [-0.3, -0.25) is 4.79 Å². The first-order chi connectivity index (χ1) is 9.96. The fourth-order valence-corrected chi connectivity index (χ4v) is 3.03. The summed E-state index contributed by atoms with van der Waals surface area (Å²) in [5.74, 6) is -0.0459. The van der Waals surface area contributed by atoms with E-state index in [9.17, 15) is 4.79 Å². The Morgan fingerprint density at radius 1 is 1.05 bits per heavy atom. The number of nitrogens with one attached hydrogen (secondary N) is 1. The Morgan fingerprint density at radius 3 is 2.14 bits per heavy atom. The van der Waals surface area contributed by atoms with Crippen LogP contribution in [0, 0.1) is 0 Å². The molecule has 0 bridgehead atoms. The predicted molar refractivity (Wildman–Crippen MR) is 88.8 cm³/mol. The molecule has 6 heteroatoms. The van der Waals surface area contributed by atoms with Crippen molar-refractivity contribution in [1.29, 1.82) is 0 Å². The van der Waals surface area contributed by atoms with Gasteiger partial charge in [0.2, 0.25) is 5.91 Å². The maximum absolute atomic E-state index is 12.1. The van der Waals surface area contributed by atoms with Crippen LogP contribution in [-0.4, -0.2) is 24.2 Å². The van der Waals surface area contributed by atoms with Crippen molar-refractivity contribution in [2.45, 2.75) is 58.2 Å². The summed E-state index contributed by atoms with van der Waals surface area (Å²) in [7, 11) is -0.487. The first-order valence-corrected chi connectivity index (χ1v) is 7.84. The number of anilines is 1. The van der Waals surface area contributed by atoms with Crippen molar-refractivity contribution < 1.29 is 14.1 Å². The molecule has 1 saturated heterocycles. The number of carbonyl (C=O) groups excluding carboxylic acids is 1. The Labute approximate surface area is 136 Å². The smallest absolute Gasteiger partial charge is 0.399 e. The maximum atomic E-state index is 12.1. The molecule has 0 aliphatic carbocycles. The van der Waals surface area contributed by atoms with Gasteiger partial charge in [-0.05, 0) is 58.6 Å². The van der Waals surface area contributed by atoms with E-state index in [-0.39, 0.29) is 5.91 Å². The van der Waals surface area contributed by atoms with Gasteiger partial charge in [-0.15, -0.1) is 0 Å². The van der Waals surface area contributed by atoms with Gasteiger partial charge in [0, 0.05) is 0 Å². The molecular weight excluding hydrogens is 300 g/mol. The molecule has 0 saturated carbocycles. The fraction of sp³-hybridized carbons (Fsp3) is 0.562. The third-order valence-electron chi connectivity index (χ3n) is 5.12. The normalized spacial score (nSPS) is 24.3. The average molecular weight is 322 g/mol. The second kappa shape index (κ2) is 4.50. The third kappa shape index (κ3) is 2.10. The lowest BCUT2D eigenvalue weighted by Crippen LogP contribution is -2.41. The average Bonchev–Trinajstić information content (AvgIpc) is 2.73. The van der Waals surface area contributed by atoms with Crippen molar-refractivity contribution in [3.8, 4) is 0 Å². The van der Waals surface area contributed by atoms with Crippen molar-refractivity contribution in [3.05, 3.63) is 22.7 Å². The van der Waals surface area contributed by atoms with Gasteiger partial charge in [0.05, 0.1) is 27.3 Å². The SMILES string of the molecule is CC1(C)C(=O)Nc2c(Cl)cc(B3OC(C)(C)C(C)(C)O3)cc21. The molecule has 0 aromatic heterocycles. The number of amides is 1. The molecule has 2 aliphatic heterocycles. The first-order valence-electron chi connectivity index (χ1n) is 7.47. The van der Waals surface area contributed by atoms with Gasteiger partial charge < -0.3 is 14.6 Å². The van der Waals surface area contributed by atoms with Crippen LogP contribution in [0.2, 0.25) is 5.02 Å². The van der Waals surface area contributed by atoms with Gasteiger partial charge in [0.1, 0.15) is 0 Å². The number of hydrogen-bond donors (Lipinski definition) is 1. The van der Waals surface area contributed by atoms with E-state index < -0.39 is 23.7 Å². The highest BCUT2D eigenvalue weighted by Crippen LogP contribution is 2.42. The zero-order valence-electron chi connectivity index (χ0n) is 13.8. The van der Waals surface area contributed by atoms with Crippen molar-refractivity contribution in [2.24, 2.45) is 0 Å². The minimum Gasteiger partial charge on any atom is -0.399 e. The van der Waals surface area contributed by atoms with Gasteiger partial charge in [0.25, 0.3) is 0 Å². The molecule has 3 rings (SSSR count). The Hall–Kier alpha value is -1.04. The molecule has 0 radical (unpaired) electrons. The summed E-state index contributed by atoms with van der Waals surface area (Å²) < 4.78 is 12.1. The van der Waals surface area contributed by atoms with Crippen LogP contribution in [0.4, 0.5) is 5.69 Å². The van der Waals surface area contributed by atoms with Crippen LogP contribution in [0.25, 0.3) is 0 Å². The molecule has 22 heavy (non-hydrogen) atoms. The fourth-order valence-electron chi connectivity index (χ4n) is 2.75. The van der Waals surface area contributed by atoms with E-state index in [1.54, 1.807) is 0 Å². The highest BCUT2D eigenvalue weighted by molar-refractivity contribution is 6.62. The molecule has 1 aromatic carbocycles. The van der Waals surface area contributed by atoms with E-state index in [0.717, 1.165) is 11.0 Å². The highest BCUT2D eigenvalue weighted by Gasteiger charge is 2.52. The molecule has 2 aliphatic rings. The Kier molecular flexibility index (Phi) is 3.24. The van der Waals surface area contributed by atoms with E-state index >= 15 is 0 Å². The number of benzene rings is 1. The first kappa shape index (κ1) is 15.8. The number of hydrogen-bond acceptors (Lipinski definition) is 3.